The van der Waals surface area contributed by atoms with Crippen LogP contribution >= 0.6 is 11.6 Å². The van der Waals surface area contributed by atoms with Crippen molar-refractivity contribution < 1.29 is 18.9 Å². The molecule has 1 N–H and O–H groups in total. The van der Waals surface area contributed by atoms with Crippen LogP contribution in [0.15, 0.2) is 64.6 Å². The fraction of sp³-hybridized carbons (Fsp3) is 0.0909. The van der Waals surface area contributed by atoms with Crippen molar-refractivity contribution >= 4 is 35.0 Å². The number of nitrogens with zero attached hydrogens (tertiary/aromatic N) is 2. The molecule has 0 radical (unpaired) electrons. The Balaban J connectivity index is 1.84. The van der Waals surface area contributed by atoms with Crippen LogP contribution in [0.25, 0.3) is 17.4 Å². The molecule has 8 nitrogen and oxygen atoms in total. The lowest BCUT2D eigenvalue weighted by Crippen LogP contribution is -2.13. The number of hydrogen-bond donors (Lipinski definition) is 1. The van der Waals surface area contributed by atoms with Gasteiger partial charge in [0.1, 0.15) is 28.9 Å². The van der Waals surface area contributed by atoms with Crippen LogP contribution in [0.4, 0.5) is 11.4 Å². The monoisotopic (exact) mass is 437 g/mol. The molecule has 156 valence electrons. The minimum Gasteiger partial charge on any atom is -0.494 e. The molecule has 1 heterocycles. The van der Waals surface area contributed by atoms with Gasteiger partial charge in [-0.2, -0.15) is 5.26 Å². The Kier molecular flexibility index (Phi) is 6.70. The summed E-state index contributed by atoms with van der Waals surface area (Å²) in [6.45, 7) is 2.32. The number of nitrogens with one attached hydrogen (secondary N) is 1. The van der Waals surface area contributed by atoms with Crippen molar-refractivity contribution in [3.05, 3.63) is 81.1 Å². The second-order valence-electron chi connectivity index (χ2n) is 6.21. The van der Waals surface area contributed by atoms with E-state index in [2.05, 4.69) is 5.32 Å². The molecule has 0 bridgehead atoms. The van der Waals surface area contributed by atoms with Gasteiger partial charge < -0.3 is 14.5 Å². The summed E-state index contributed by atoms with van der Waals surface area (Å²) in [6.07, 6.45) is 1.26. The second kappa shape index (κ2) is 9.61. The molecule has 0 aliphatic rings. The van der Waals surface area contributed by atoms with Crippen LogP contribution in [0.1, 0.15) is 12.7 Å². The van der Waals surface area contributed by atoms with E-state index in [1.807, 2.05) is 13.0 Å². The van der Waals surface area contributed by atoms with Crippen LogP contribution in [0, 0.1) is 21.4 Å². The normalized spacial score (nSPS) is 10.9. The number of carbonyl (C=O) groups excluding carboxylic acids is 1. The number of ether oxygens (including phenoxy) is 1. The number of nitro benzene ring substituents is 1. The van der Waals surface area contributed by atoms with E-state index in [4.69, 9.17) is 20.8 Å². The van der Waals surface area contributed by atoms with Gasteiger partial charge in [0.15, 0.2) is 0 Å². The molecular weight excluding hydrogens is 422 g/mol. The fourth-order valence-electron chi connectivity index (χ4n) is 2.76. The molecular formula is C22H16ClN3O5. The van der Waals surface area contributed by atoms with Crippen molar-refractivity contribution in [2.24, 2.45) is 0 Å². The number of hydrogen-bond acceptors (Lipinski definition) is 6. The highest BCUT2D eigenvalue weighted by Gasteiger charge is 2.19. The molecule has 2 aromatic carbocycles. The molecule has 1 aromatic heterocycles. The Morgan fingerprint density at radius 2 is 2.10 bits per heavy atom. The van der Waals surface area contributed by atoms with Crippen molar-refractivity contribution in [1.29, 1.82) is 5.26 Å². The summed E-state index contributed by atoms with van der Waals surface area (Å²) in [5, 5.41) is 23.5. The number of amides is 1. The lowest BCUT2D eigenvalue weighted by Gasteiger charge is -2.07. The molecule has 0 unspecified atom stereocenters. The molecule has 0 fully saturated rings. The van der Waals surface area contributed by atoms with Gasteiger partial charge in [0.2, 0.25) is 0 Å². The van der Waals surface area contributed by atoms with Crippen molar-refractivity contribution in [2.75, 3.05) is 11.9 Å². The van der Waals surface area contributed by atoms with Crippen molar-refractivity contribution in [1.82, 2.24) is 0 Å². The lowest BCUT2D eigenvalue weighted by molar-refractivity contribution is -0.384. The SMILES string of the molecule is CCOc1cccc(NC(=O)/C(C#N)=C\c2ccc(-c3ccc(Cl)cc3[N+](=O)[O-])o2)c1. The molecule has 0 aliphatic heterocycles. The summed E-state index contributed by atoms with van der Waals surface area (Å²) in [7, 11) is 0. The predicted molar refractivity (Wildman–Crippen MR) is 116 cm³/mol. The Hall–Kier alpha value is -4.09. The van der Waals surface area contributed by atoms with E-state index in [1.54, 1.807) is 24.3 Å². The molecule has 3 aromatic rings. The van der Waals surface area contributed by atoms with Crippen LogP contribution in [0.5, 0.6) is 5.75 Å². The highest BCUT2D eigenvalue weighted by atomic mass is 35.5. The number of nitriles is 1. The van der Waals surface area contributed by atoms with Crippen molar-refractivity contribution in [2.45, 2.75) is 6.92 Å². The average Bonchev–Trinajstić information content (AvgIpc) is 3.20. The van der Waals surface area contributed by atoms with E-state index in [0.29, 0.717) is 18.0 Å². The van der Waals surface area contributed by atoms with Gasteiger partial charge in [0, 0.05) is 28.9 Å². The molecule has 31 heavy (non-hydrogen) atoms. The van der Waals surface area contributed by atoms with Gasteiger partial charge in [-0.05, 0) is 43.3 Å². The van der Waals surface area contributed by atoms with Gasteiger partial charge in [0.25, 0.3) is 11.6 Å². The van der Waals surface area contributed by atoms with Gasteiger partial charge in [-0.25, -0.2) is 0 Å². The van der Waals surface area contributed by atoms with Gasteiger partial charge in [-0.3, -0.25) is 14.9 Å². The number of rotatable bonds is 7. The van der Waals surface area contributed by atoms with Crippen LogP contribution in [-0.2, 0) is 4.79 Å². The summed E-state index contributed by atoms with van der Waals surface area (Å²) in [4.78, 5) is 23.2. The minimum absolute atomic E-state index is 0.189. The topological polar surface area (TPSA) is 118 Å². The smallest absolute Gasteiger partial charge is 0.281 e. The van der Waals surface area contributed by atoms with Gasteiger partial charge in [-0.1, -0.05) is 17.7 Å². The quantitative estimate of drug-likeness (QED) is 0.227. The molecule has 0 aliphatic carbocycles. The largest absolute Gasteiger partial charge is 0.494 e. The molecule has 0 atom stereocenters. The first-order valence-corrected chi connectivity index (χ1v) is 9.49. The third-order valence-corrected chi connectivity index (χ3v) is 4.34. The summed E-state index contributed by atoms with van der Waals surface area (Å²) in [5.41, 5.74) is 0.275. The molecule has 3 rings (SSSR count). The zero-order valence-electron chi connectivity index (χ0n) is 16.3. The molecule has 1 amide bonds. The van der Waals surface area contributed by atoms with Crippen molar-refractivity contribution in [3.8, 4) is 23.1 Å². The number of nitro groups is 1. The maximum atomic E-state index is 12.5. The first-order chi connectivity index (χ1) is 14.9. The predicted octanol–water partition coefficient (Wildman–Crippen LogP) is 5.45. The number of furan rings is 1. The highest BCUT2D eigenvalue weighted by Crippen LogP contribution is 2.33. The van der Waals surface area contributed by atoms with Crippen LogP contribution in [-0.4, -0.2) is 17.4 Å². The number of carbonyl (C=O) groups is 1. The van der Waals surface area contributed by atoms with E-state index in [9.17, 15) is 20.2 Å². The van der Waals surface area contributed by atoms with E-state index in [0.717, 1.165) is 0 Å². The fourth-order valence-corrected chi connectivity index (χ4v) is 2.93. The third-order valence-electron chi connectivity index (χ3n) is 4.10. The van der Waals surface area contributed by atoms with E-state index in [1.165, 1.54) is 36.4 Å². The Labute approximate surface area is 182 Å². The lowest BCUT2D eigenvalue weighted by atomic mass is 10.1. The van der Waals surface area contributed by atoms with Crippen LogP contribution < -0.4 is 10.1 Å². The van der Waals surface area contributed by atoms with Crippen LogP contribution in [0.3, 0.4) is 0 Å². The summed E-state index contributed by atoms with van der Waals surface area (Å²) in [5.74, 6) is 0.348. The van der Waals surface area contributed by atoms with E-state index >= 15 is 0 Å². The van der Waals surface area contributed by atoms with E-state index in [-0.39, 0.29) is 33.4 Å². The molecule has 0 spiro atoms. The zero-order valence-corrected chi connectivity index (χ0v) is 17.1. The standard InChI is InChI=1S/C22H16ClN3O5/c1-2-30-17-5-3-4-16(12-17)25-22(27)14(13-24)10-18-7-9-21(31-18)19-8-6-15(23)11-20(19)26(28)29/h3-12H,2H2,1H3,(H,25,27)/b14-10-. The molecule has 0 saturated heterocycles. The summed E-state index contributed by atoms with van der Waals surface area (Å²) in [6, 6.07) is 15.8. The van der Waals surface area contributed by atoms with E-state index < -0.39 is 10.8 Å². The summed E-state index contributed by atoms with van der Waals surface area (Å²) >= 11 is 5.84. The number of anilines is 1. The second-order valence-corrected chi connectivity index (χ2v) is 6.64. The van der Waals surface area contributed by atoms with Gasteiger partial charge >= 0.3 is 0 Å². The third kappa shape index (κ3) is 5.29. The first-order valence-electron chi connectivity index (χ1n) is 9.11. The maximum Gasteiger partial charge on any atom is 0.281 e. The summed E-state index contributed by atoms with van der Waals surface area (Å²) < 4.78 is 11.0. The Bertz CT molecular complexity index is 1210. The average molecular weight is 438 g/mol. The molecule has 9 heteroatoms. The Morgan fingerprint density at radius 3 is 2.81 bits per heavy atom. The number of halogens is 1. The maximum absolute atomic E-state index is 12.5. The minimum atomic E-state index is -0.633. The first kappa shape index (κ1) is 21.6. The van der Waals surface area contributed by atoms with Crippen LogP contribution in [0.2, 0.25) is 5.02 Å². The highest BCUT2D eigenvalue weighted by molar-refractivity contribution is 6.30. The zero-order chi connectivity index (χ0) is 22.4. The number of benzene rings is 2. The Morgan fingerprint density at radius 1 is 1.29 bits per heavy atom. The van der Waals surface area contributed by atoms with Crippen molar-refractivity contribution in [3.63, 3.8) is 0 Å². The van der Waals surface area contributed by atoms with Gasteiger partial charge in [-0.15, -0.1) is 0 Å². The van der Waals surface area contributed by atoms with Gasteiger partial charge in [0.05, 0.1) is 17.1 Å². The molecule has 0 saturated carbocycles.